The van der Waals surface area contributed by atoms with E-state index in [1.165, 1.54) is 0 Å². The lowest BCUT2D eigenvalue weighted by atomic mass is 10.2. The number of rotatable bonds is 6. The molecular weight excluding hydrogens is 312 g/mol. The Morgan fingerprint density at radius 2 is 1.42 bits per heavy atom. The summed E-state index contributed by atoms with van der Waals surface area (Å²) in [5, 5.41) is 2.08. The smallest absolute Gasteiger partial charge is 0.323 e. The lowest BCUT2D eigenvalue weighted by molar-refractivity contribution is -0.131. The van der Waals surface area contributed by atoms with Gasteiger partial charge in [-0.15, -0.1) is 0 Å². The summed E-state index contributed by atoms with van der Waals surface area (Å²) < 4.78 is 6.32. The van der Waals surface area contributed by atoms with Gasteiger partial charge in [0.1, 0.15) is 0 Å². The second kappa shape index (κ2) is 7.80. The first-order valence-corrected chi connectivity index (χ1v) is 10.5. The zero-order valence-corrected chi connectivity index (χ0v) is 16.1. The fourth-order valence-corrected chi connectivity index (χ4v) is 7.42. The highest BCUT2D eigenvalue weighted by atomic mass is 28.4. The first kappa shape index (κ1) is 18.5. The standard InChI is InChI=1S/C21H27O2Si/c1-5-6-17-20(22)23-24(21(2,3)4,18-13-9-7-10-14-18)19-15-11-8-12-16-19/h7-17H,5-6H2,1-4H3. The number of carbonyl (C=O) groups excluding carboxylic acids is 1. The van der Waals surface area contributed by atoms with Gasteiger partial charge in [0.2, 0.25) is 0 Å². The highest BCUT2D eigenvalue weighted by molar-refractivity contribution is 7.00. The molecule has 0 atom stereocenters. The fraction of sp³-hybridized carbons (Fsp3) is 0.333. The molecule has 24 heavy (non-hydrogen) atoms. The Balaban J connectivity index is 2.59. The molecule has 127 valence electrons. The SMILES string of the molecule is CCC[CH]C(=O)O[Si](c1ccccc1)(c1ccccc1)C(C)(C)C. The normalized spacial score (nSPS) is 12.0. The lowest BCUT2D eigenvalue weighted by Gasteiger charge is -2.42. The van der Waals surface area contributed by atoms with E-state index in [9.17, 15) is 4.79 Å². The van der Waals surface area contributed by atoms with Crippen molar-refractivity contribution < 1.29 is 9.22 Å². The molecule has 2 nitrogen and oxygen atoms in total. The zero-order chi connectivity index (χ0) is 17.6. The first-order chi connectivity index (χ1) is 11.4. The van der Waals surface area contributed by atoms with Gasteiger partial charge in [0, 0.05) is 0 Å². The summed E-state index contributed by atoms with van der Waals surface area (Å²) in [6.07, 6.45) is 3.37. The largest absolute Gasteiger partial charge is 0.509 e. The number of hydrogen-bond acceptors (Lipinski definition) is 2. The highest BCUT2D eigenvalue weighted by Crippen LogP contribution is 2.37. The third-order valence-electron chi connectivity index (χ3n) is 4.27. The van der Waals surface area contributed by atoms with Crippen LogP contribution in [0.15, 0.2) is 60.7 Å². The first-order valence-electron chi connectivity index (χ1n) is 8.59. The van der Waals surface area contributed by atoms with Gasteiger partial charge in [-0.1, -0.05) is 94.8 Å². The third-order valence-corrected chi connectivity index (χ3v) is 9.18. The Morgan fingerprint density at radius 1 is 0.958 bits per heavy atom. The van der Waals surface area contributed by atoms with E-state index in [1.54, 1.807) is 6.42 Å². The van der Waals surface area contributed by atoms with Crippen LogP contribution in [0.25, 0.3) is 0 Å². The van der Waals surface area contributed by atoms with Crippen LogP contribution in [0, 0.1) is 6.42 Å². The minimum absolute atomic E-state index is 0.175. The van der Waals surface area contributed by atoms with Crippen LogP contribution in [-0.4, -0.2) is 14.3 Å². The average molecular weight is 340 g/mol. The zero-order valence-electron chi connectivity index (χ0n) is 15.1. The highest BCUT2D eigenvalue weighted by Gasteiger charge is 2.52. The van der Waals surface area contributed by atoms with E-state index in [1.807, 2.05) is 36.4 Å². The van der Waals surface area contributed by atoms with Crippen molar-refractivity contribution in [2.45, 2.75) is 45.6 Å². The molecule has 0 amide bonds. The van der Waals surface area contributed by atoms with E-state index >= 15 is 0 Å². The Bertz CT molecular complexity index is 605. The number of benzene rings is 2. The predicted octanol–water partition coefficient (Wildman–Crippen LogP) is 4.09. The second-order valence-electron chi connectivity index (χ2n) is 7.08. The average Bonchev–Trinajstić information content (AvgIpc) is 2.58. The van der Waals surface area contributed by atoms with Crippen molar-refractivity contribution in [3.8, 4) is 0 Å². The van der Waals surface area contributed by atoms with Crippen molar-refractivity contribution in [3.63, 3.8) is 0 Å². The van der Waals surface area contributed by atoms with Crippen molar-refractivity contribution in [2.75, 3.05) is 0 Å². The van der Waals surface area contributed by atoms with Gasteiger partial charge in [-0.3, -0.25) is 4.79 Å². The quantitative estimate of drug-likeness (QED) is 0.741. The molecule has 0 saturated heterocycles. The molecule has 0 aliphatic carbocycles. The van der Waals surface area contributed by atoms with Gasteiger partial charge in [-0.05, 0) is 21.8 Å². The van der Waals surface area contributed by atoms with Crippen LogP contribution in [-0.2, 0) is 9.22 Å². The van der Waals surface area contributed by atoms with Crippen LogP contribution in [0.4, 0.5) is 0 Å². The molecule has 0 spiro atoms. The van der Waals surface area contributed by atoms with Gasteiger partial charge < -0.3 is 4.43 Å². The molecular formula is C21H27O2Si. The fourth-order valence-electron chi connectivity index (χ4n) is 3.10. The van der Waals surface area contributed by atoms with Crippen molar-refractivity contribution in [1.29, 1.82) is 0 Å². The Kier molecular flexibility index (Phi) is 6.00. The molecule has 2 aromatic rings. The second-order valence-corrected chi connectivity index (χ2v) is 11.3. The van der Waals surface area contributed by atoms with Gasteiger partial charge in [0.15, 0.2) is 0 Å². The van der Waals surface area contributed by atoms with Crippen LogP contribution >= 0.6 is 0 Å². The third kappa shape index (κ3) is 3.78. The molecule has 0 saturated carbocycles. The van der Waals surface area contributed by atoms with E-state index < -0.39 is 8.32 Å². The van der Waals surface area contributed by atoms with Crippen molar-refractivity contribution in [1.82, 2.24) is 0 Å². The van der Waals surface area contributed by atoms with E-state index in [2.05, 4.69) is 52.0 Å². The molecule has 0 aliphatic rings. The molecule has 2 rings (SSSR count). The Morgan fingerprint density at radius 3 is 1.79 bits per heavy atom. The predicted molar refractivity (Wildman–Crippen MR) is 103 cm³/mol. The van der Waals surface area contributed by atoms with Crippen molar-refractivity contribution in [2.24, 2.45) is 0 Å². The minimum Gasteiger partial charge on any atom is -0.509 e. The molecule has 1 radical (unpaired) electrons. The molecule has 0 N–H and O–H groups in total. The van der Waals surface area contributed by atoms with Crippen LogP contribution < -0.4 is 10.4 Å². The summed E-state index contributed by atoms with van der Waals surface area (Å²) in [7, 11) is -2.74. The van der Waals surface area contributed by atoms with E-state index in [0.29, 0.717) is 0 Å². The van der Waals surface area contributed by atoms with Crippen molar-refractivity contribution in [3.05, 3.63) is 67.1 Å². The van der Waals surface area contributed by atoms with Crippen molar-refractivity contribution >= 4 is 24.7 Å². The van der Waals surface area contributed by atoms with Crippen LogP contribution in [0.2, 0.25) is 5.04 Å². The number of carbonyl (C=O) groups is 1. The monoisotopic (exact) mass is 339 g/mol. The summed E-state index contributed by atoms with van der Waals surface area (Å²) in [4.78, 5) is 12.6. The molecule has 0 unspecified atom stereocenters. The van der Waals surface area contributed by atoms with Gasteiger partial charge in [-0.25, -0.2) is 0 Å². The summed E-state index contributed by atoms with van der Waals surface area (Å²) in [5.41, 5.74) is 0. The van der Waals surface area contributed by atoms with Gasteiger partial charge in [0.25, 0.3) is 5.97 Å². The van der Waals surface area contributed by atoms with Crippen LogP contribution in [0.1, 0.15) is 40.5 Å². The van der Waals surface area contributed by atoms with Crippen LogP contribution in [0.5, 0.6) is 0 Å². The van der Waals surface area contributed by atoms with E-state index in [0.717, 1.165) is 23.2 Å². The van der Waals surface area contributed by atoms with Gasteiger partial charge in [0.05, 0.1) is 6.42 Å². The maximum atomic E-state index is 12.6. The maximum Gasteiger partial charge on any atom is 0.323 e. The molecule has 0 aliphatic heterocycles. The Labute approximate surface area is 147 Å². The Hall–Kier alpha value is -1.87. The van der Waals surface area contributed by atoms with Gasteiger partial charge in [-0.2, -0.15) is 0 Å². The molecule has 0 aromatic heterocycles. The molecule has 0 heterocycles. The van der Waals surface area contributed by atoms with Crippen LogP contribution in [0.3, 0.4) is 0 Å². The number of hydrogen-bond donors (Lipinski definition) is 0. The van der Waals surface area contributed by atoms with E-state index in [-0.39, 0.29) is 11.0 Å². The molecule has 0 fully saturated rings. The lowest BCUT2D eigenvalue weighted by Crippen LogP contribution is -2.67. The maximum absolute atomic E-state index is 12.6. The van der Waals surface area contributed by atoms with E-state index in [4.69, 9.17) is 4.43 Å². The topological polar surface area (TPSA) is 26.3 Å². The molecule has 3 heteroatoms. The number of unbranched alkanes of at least 4 members (excludes halogenated alkanes) is 1. The molecule has 2 aromatic carbocycles. The minimum atomic E-state index is -2.74. The molecule has 0 bridgehead atoms. The summed E-state index contributed by atoms with van der Waals surface area (Å²) in [6.45, 7) is 8.58. The summed E-state index contributed by atoms with van der Waals surface area (Å²) in [6, 6.07) is 20.5. The van der Waals surface area contributed by atoms with Gasteiger partial charge >= 0.3 is 8.32 Å². The summed E-state index contributed by atoms with van der Waals surface area (Å²) in [5.74, 6) is -0.203. The summed E-state index contributed by atoms with van der Waals surface area (Å²) >= 11 is 0.